The number of aromatic carboxylic acids is 1. The van der Waals surface area contributed by atoms with Gasteiger partial charge in [-0.05, 0) is 0 Å². The van der Waals surface area contributed by atoms with Crippen LogP contribution in [0.2, 0.25) is 0 Å². The van der Waals surface area contributed by atoms with Crippen LogP contribution in [0.15, 0.2) is 40.9 Å². The van der Waals surface area contributed by atoms with Crippen LogP contribution in [0.5, 0.6) is 0 Å². The molecule has 0 saturated heterocycles. The van der Waals surface area contributed by atoms with Gasteiger partial charge in [-0.25, -0.2) is 0 Å². The van der Waals surface area contributed by atoms with Gasteiger partial charge < -0.3 is 0 Å². The van der Waals surface area contributed by atoms with E-state index < -0.39 is 11.9 Å². The molecule has 0 atom stereocenters. The van der Waals surface area contributed by atoms with Crippen LogP contribution in [0, 0.1) is 11.3 Å². The van der Waals surface area contributed by atoms with Crippen LogP contribution in [0.3, 0.4) is 0 Å². The van der Waals surface area contributed by atoms with Gasteiger partial charge in [0.1, 0.15) is 0 Å². The third-order valence-electron chi connectivity index (χ3n) is 3.29. The van der Waals surface area contributed by atoms with Crippen LogP contribution in [-0.4, -0.2) is 39.0 Å². The summed E-state index contributed by atoms with van der Waals surface area (Å²) in [5, 5.41) is 24.9. The zero-order valence-corrected chi connectivity index (χ0v) is 13.9. The van der Waals surface area contributed by atoms with Gasteiger partial charge in [0.2, 0.25) is 0 Å². The molecule has 2 aromatic carbocycles. The Hall–Kier alpha value is -3.10. The molecule has 7 nitrogen and oxygen atoms in total. The average Bonchev–Trinajstić information content (AvgIpc) is 2.98. The van der Waals surface area contributed by atoms with Gasteiger partial charge in [0, 0.05) is 0 Å². The van der Waals surface area contributed by atoms with Crippen molar-refractivity contribution in [3.8, 4) is 6.07 Å². The molecule has 24 heavy (non-hydrogen) atoms. The van der Waals surface area contributed by atoms with E-state index in [1.807, 2.05) is 12.1 Å². The van der Waals surface area contributed by atoms with Crippen molar-refractivity contribution < 1.29 is 19.2 Å². The number of nitriles is 1. The Kier molecular flexibility index (Phi) is 4.07. The van der Waals surface area contributed by atoms with Crippen LogP contribution in [0.1, 0.15) is 26.5 Å². The number of carboxylic acids is 1. The van der Waals surface area contributed by atoms with Gasteiger partial charge in [-0.15, -0.1) is 0 Å². The summed E-state index contributed by atoms with van der Waals surface area (Å²) in [6.45, 7) is 0. The number of hydrogen-bond donors (Lipinski definition) is 2. The van der Waals surface area contributed by atoms with Gasteiger partial charge in [-0.2, -0.15) is 0 Å². The van der Waals surface area contributed by atoms with E-state index in [1.54, 1.807) is 12.1 Å². The van der Waals surface area contributed by atoms with Gasteiger partial charge in [0.25, 0.3) is 0 Å². The van der Waals surface area contributed by atoms with Gasteiger partial charge in [0.15, 0.2) is 0 Å². The molecule has 0 aliphatic carbocycles. The number of carboxylic acid groups (broad SMARTS) is 1. The summed E-state index contributed by atoms with van der Waals surface area (Å²) in [6.07, 6.45) is 0. The second-order valence-electron chi connectivity index (χ2n) is 4.84. The molecule has 0 saturated carbocycles. The number of carbonyl (C=O) groups is 2. The molecule has 0 spiro atoms. The molecule has 0 aliphatic rings. The standard InChI is InChI=1S/C16H8AsN3O4/c17-9-2-4-13-10(6-9)14(24-20-13)15(21)19-12-3-1-8(7-18)5-11(12)16(22)23/h1-6H,(H,19,21)(H,22,23). The fraction of sp³-hybridized carbons (Fsp3) is 0. The first kappa shape index (κ1) is 15.8. The number of hydrogen-bond acceptors (Lipinski definition) is 5. The SMILES string of the molecule is N#Cc1ccc(NC(=O)c2onc3ccc([As])cc23)c(C(=O)O)c1. The van der Waals surface area contributed by atoms with Crippen LogP contribution < -0.4 is 9.67 Å². The molecule has 1 aromatic heterocycles. The average molecular weight is 381 g/mol. The Balaban J connectivity index is 1.99. The molecule has 3 aromatic rings. The van der Waals surface area contributed by atoms with Gasteiger partial charge in [0.05, 0.1) is 0 Å². The van der Waals surface area contributed by atoms with E-state index in [0.29, 0.717) is 10.9 Å². The first-order valence-electron chi connectivity index (χ1n) is 6.67. The molecule has 2 N–H and O–H groups in total. The quantitative estimate of drug-likeness (QED) is 0.664. The zero-order chi connectivity index (χ0) is 17.3. The fourth-order valence-corrected chi connectivity index (χ4v) is 2.60. The summed E-state index contributed by atoms with van der Waals surface area (Å²) in [5.74, 6) is -1.89. The summed E-state index contributed by atoms with van der Waals surface area (Å²) >= 11 is 2.35. The molecule has 2 radical (unpaired) electrons. The Morgan fingerprint density at radius 2 is 2.04 bits per heavy atom. The number of nitrogens with one attached hydrogen (secondary N) is 1. The van der Waals surface area contributed by atoms with Crippen molar-refractivity contribution in [2.45, 2.75) is 0 Å². The Morgan fingerprint density at radius 3 is 2.75 bits per heavy atom. The normalized spacial score (nSPS) is 10.3. The molecule has 1 amide bonds. The van der Waals surface area contributed by atoms with E-state index in [4.69, 9.17) is 9.78 Å². The van der Waals surface area contributed by atoms with E-state index in [9.17, 15) is 14.7 Å². The maximum absolute atomic E-state index is 12.4. The summed E-state index contributed by atoms with van der Waals surface area (Å²) in [4.78, 5) is 23.7. The summed E-state index contributed by atoms with van der Waals surface area (Å²) in [6, 6.07) is 11.1. The van der Waals surface area contributed by atoms with Crippen LogP contribution >= 0.6 is 0 Å². The monoisotopic (exact) mass is 381 g/mol. The minimum absolute atomic E-state index is 0.0152. The number of fused-ring (bicyclic) bond motifs is 1. The first-order valence-corrected chi connectivity index (χ1v) is 7.60. The second-order valence-corrected chi connectivity index (χ2v) is 5.93. The second kappa shape index (κ2) is 6.18. The summed E-state index contributed by atoms with van der Waals surface area (Å²) in [5.41, 5.74) is 0.593. The topological polar surface area (TPSA) is 116 Å². The number of anilines is 1. The van der Waals surface area contributed by atoms with Crippen LogP contribution in [0.25, 0.3) is 10.9 Å². The molecule has 0 aliphatic heterocycles. The molecule has 0 unspecified atom stereocenters. The molecule has 3 rings (SSSR count). The van der Waals surface area contributed by atoms with E-state index in [1.165, 1.54) is 18.2 Å². The Bertz CT molecular complexity index is 1020. The fourth-order valence-electron chi connectivity index (χ4n) is 2.17. The van der Waals surface area contributed by atoms with Gasteiger partial charge in [-0.3, -0.25) is 0 Å². The van der Waals surface area contributed by atoms with E-state index >= 15 is 0 Å². The van der Waals surface area contributed by atoms with E-state index in [2.05, 4.69) is 27.3 Å². The third-order valence-corrected chi connectivity index (χ3v) is 3.88. The molecule has 116 valence electrons. The predicted molar refractivity (Wildman–Crippen MR) is 85.5 cm³/mol. The summed E-state index contributed by atoms with van der Waals surface area (Å²) < 4.78 is 5.95. The number of rotatable bonds is 3. The molecule has 8 heteroatoms. The van der Waals surface area contributed by atoms with Gasteiger partial charge >= 0.3 is 144 Å². The first-order chi connectivity index (χ1) is 11.5. The molecule has 1 heterocycles. The van der Waals surface area contributed by atoms with Crippen molar-refractivity contribution in [1.29, 1.82) is 5.26 Å². The van der Waals surface area contributed by atoms with E-state index in [0.717, 1.165) is 4.35 Å². The minimum atomic E-state index is -1.25. The number of nitrogens with zero attached hydrogens (tertiary/aromatic N) is 2. The van der Waals surface area contributed by atoms with Crippen molar-refractivity contribution >= 4 is 49.7 Å². The molecular formula is C16H8AsN3O4. The Morgan fingerprint density at radius 1 is 1.25 bits per heavy atom. The van der Waals surface area contributed by atoms with Crippen molar-refractivity contribution in [2.75, 3.05) is 5.32 Å². The summed E-state index contributed by atoms with van der Waals surface area (Å²) in [7, 11) is 0. The van der Waals surface area contributed by atoms with Crippen LogP contribution in [-0.2, 0) is 0 Å². The maximum atomic E-state index is 12.4. The molecule has 0 fully saturated rings. The molecular weight excluding hydrogens is 373 g/mol. The molecule has 0 bridgehead atoms. The van der Waals surface area contributed by atoms with Gasteiger partial charge in [-0.1, -0.05) is 0 Å². The van der Waals surface area contributed by atoms with Crippen molar-refractivity contribution in [3.05, 3.63) is 53.3 Å². The van der Waals surface area contributed by atoms with Crippen molar-refractivity contribution in [3.63, 3.8) is 0 Å². The number of carbonyl (C=O) groups excluding carboxylic acids is 1. The van der Waals surface area contributed by atoms with E-state index in [-0.39, 0.29) is 22.6 Å². The van der Waals surface area contributed by atoms with Crippen molar-refractivity contribution in [1.82, 2.24) is 5.16 Å². The predicted octanol–water partition coefficient (Wildman–Crippen LogP) is 1.44. The number of benzene rings is 2. The van der Waals surface area contributed by atoms with Crippen LogP contribution in [0.4, 0.5) is 5.69 Å². The number of aromatic nitrogens is 1. The Labute approximate surface area is 144 Å². The third kappa shape index (κ3) is 2.87. The van der Waals surface area contributed by atoms with Crippen molar-refractivity contribution in [2.24, 2.45) is 0 Å². The zero-order valence-electron chi connectivity index (χ0n) is 12.0. The number of amides is 1.